The van der Waals surface area contributed by atoms with Crippen LogP contribution in [0.15, 0.2) is 60.7 Å². The Morgan fingerprint density at radius 3 is 2.45 bits per heavy atom. The molecule has 2 N–H and O–H groups in total. The lowest BCUT2D eigenvalue weighted by molar-refractivity contribution is -0.121. The van der Waals surface area contributed by atoms with E-state index in [0.717, 1.165) is 11.1 Å². The van der Waals surface area contributed by atoms with E-state index in [4.69, 9.17) is 11.6 Å². The second kappa shape index (κ2) is 8.57. The zero-order valence-electron chi connectivity index (χ0n) is 17.0. The smallest absolute Gasteiger partial charge is 0.270 e. The van der Waals surface area contributed by atoms with Crippen LogP contribution in [0.3, 0.4) is 0 Å². The largest absolute Gasteiger partial charge is 0.273 e. The lowest BCUT2D eigenvalue weighted by Gasteiger charge is -2.10. The van der Waals surface area contributed by atoms with E-state index in [1.54, 1.807) is 42.1 Å². The van der Waals surface area contributed by atoms with Gasteiger partial charge in [-0.05, 0) is 30.7 Å². The molecule has 156 valence electrons. The quantitative estimate of drug-likeness (QED) is 0.481. The van der Waals surface area contributed by atoms with Crippen molar-refractivity contribution in [3.8, 4) is 11.3 Å². The minimum Gasteiger partial charge on any atom is -0.273 e. The van der Waals surface area contributed by atoms with Crippen LogP contribution in [0.1, 0.15) is 21.6 Å². The van der Waals surface area contributed by atoms with Gasteiger partial charge in [0, 0.05) is 17.6 Å². The van der Waals surface area contributed by atoms with E-state index in [0.29, 0.717) is 33.0 Å². The van der Waals surface area contributed by atoms with Crippen molar-refractivity contribution in [1.29, 1.82) is 0 Å². The van der Waals surface area contributed by atoms with Crippen LogP contribution in [0, 0.1) is 6.92 Å². The van der Waals surface area contributed by atoms with Crippen LogP contribution in [0.25, 0.3) is 22.3 Å². The van der Waals surface area contributed by atoms with E-state index in [1.807, 2.05) is 37.3 Å². The number of aromatic nitrogens is 3. The van der Waals surface area contributed by atoms with Gasteiger partial charge in [-0.25, -0.2) is 4.98 Å². The fourth-order valence-electron chi connectivity index (χ4n) is 3.41. The Labute approximate surface area is 184 Å². The van der Waals surface area contributed by atoms with Gasteiger partial charge in [0.25, 0.3) is 5.91 Å². The number of carbonyl (C=O) groups is 2. The summed E-state index contributed by atoms with van der Waals surface area (Å²) in [5.74, 6) is -0.780. The van der Waals surface area contributed by atoms with Crippen molar-refractivity contribution in [2.45, 2.75) is 13.3 Å². The van der Waals surface area contributed by atoms with Crippen LogP contribution < -0.4 is 10.9 Å². The molecule has 0 bridgehead atoms. The maximum absolute atomic E-state index is 13.0. The number of pyridine rings is 1. The van der Waals surface area contributed by atoms with Crippen LogP contribution in [0.4, 0.5) is 0 Å². The van der Waals surface area contributed by atoms with Crippen LogP contribution in [0.5, 0.6) is 0 Å². The normalized spacial score (nSPS) is 10.8. The van der Waals surface area contributed by atoms with Crippen LogP contribution in [-0.2, 0) is 18.3 Å². The molecule has 0 aliphatic rings. The van der Waals surface area contributed by atoms with Gasteiger partial charge in [-0.3, -0.25) is 25.1 Å². The Hall–Kier alpha value is -3.71. The predicted octanol–water partition coefficient (Wildman–Crippen LogP) is 3.60. The third-order valence-corrected chi connectivity index (χ3v) is 5.13. The van der Waals surface area contributed by atoms with Crippen LogP contribution >= 0.6 is 11.6 Å². The molecule has 0 unspecified atom stereocenters. The molecule has 0 aliphatic heterocycles. The topological polar surface area (TPSA) is 88.9 Å². The molecule has 31 heavy (non-hydrogen) atoms. The van der Waals surface area contributed by atoms with Crippen molar-refractivity contribution in [1.82, 2.24) is 25.6 Å². The third kappa shape index (κ3) is 4.41. The van der Waals surface area contributed by atoms with Crippen molar-refractivity contribution >= 4 is 34.4 Å². The number of halogens is 1. The molecule has 4 rings (SSSR count). The first-order valence-corrected chi connectivity index (χ1v) is 10.0. The van der Waals surface area contributed by atoms with E-state index in [2.05, 4.69) is 20.9 Å². The first-order valence-electron chi connectivity index (χ1n) is 9.66. The number of hydrogen-bond acceptors (Lipinski definition) is 4. The molecule has 0 saturated heterocycles. The summed E-state index contributed by atoms with van der Waals surface area (Å²) in [6.07, 6.45) is 0.115. The molecule has 0 saturated carbocycles. The van der Waals surface area contributed by atoms with E-state index in [-0.39, 0.29) is 12.3 Å². The van der Waals surface area contributed by atoms with Crippen molar-refractivity contribution in [3.63, 3.8) is 0 Å². The highest BCUT2D eigenvalue weighted by Crippen LogP contribution is 2.26. The van der Waals surface area contributed by atoms with Crippen molar-refractivity contribution in [3.05, 3.63) is 82.5 Å². The molecule has 8 heteroatoms. The Morgan fingerprint density at radius 1 is 1.03 bits per heavy atom. The van der Waals surface area contributed by atoms with E-state index >= 15 is 0 Å². The van der Waals surface area contributed by atoms with Gasteiger partial charge in [-0.1, -0.05) is 54.1 Å². The van der Waals surface area contributed by atoms with Crippen molar-refractivity contribution < 1.29 is 9.59 Å². The van der Waals surface area contributed by atoms with Crippen molar-refractivity contribution in [2.75, 3.05) is 0 Å². The standard InChI is InChI=1S/C23H20ClN5O2/c1-14-21-18(23(31)27-26-20(30)12-15-8-10-17(24)11-9-15)13-19(16-6-4-3-5-7-16)25-22(21)29(2)28-14/h3-11,13H,12H2,1-2H3,(H,26,30)(H,27,31). The van der Waals surface area contributed by atoms with Gasteiger partial charge in [-0.15, -0.1) is 0 Å². The summed E-state index contributed by atoms with van der Waals surface area (Å²) in [6.45, 7) is 1.82. The van der Waals surface area contributed by atoms with E-state index in [9.17, 15) is 9.59 Å². The highest BCUT2D eigenvalue weighted by Gasteiger charge is 2.19. The molecular weight excluding hydrogens is 414 g/mol. The molecule has 2 amide bonds. The summed E-state index contributed by atoms with van der Waals surface area (Å²) in [6, 6.07) is 18.3. The number of nitrogens with zero attached hydrogens (tertiary/aromatic N) is 3. The fraction of sp³-hybridized carbons (Fsp3) is 0.130. The summed E-state index contributed by atoms with van der Waals surface area (Å²) in [5.41, 5.74) is 8.96. The minimum absolute atomic E-state index is 0.115. The van der Waals surface area contributed by atoms with Crippen LogP contribution in [-0.4, -0.2) is 26.6 Å². The number of hydrogen-bond donors (Lipinski definition) is 2. The van der Waals surface area contributed by atoms with E-state index in [1.165, 1.54) is 0 Å². The first kappa shape index (κ1) is 20.6. The zero-order chi connectivity index (χ0) is 22.0. The number of rotatable bonds is 4. The minimum atomic E-state index is -0.440. The summed E-state index contributed by atoms with van der Waals surface area (Å²) >= 11 is 5.87. The Morgan fingerprint density at radius 2 is 1.74 bits per heavy atom. The fourth-order valence-corrected chi connectivity index (χ4v) is 3.53. The third-order valence-electron chi connectivity index (χ3n) is 4.88. The van der Waals surface area contributed by atoms with Gasteiger partial charge in [-0.2, -0.15) is 5.10 Å². The van der Waals surface area contributed by atoms with Gasteiger partial charge in [0.2, 0.25) is 5.91 Å². The van der Waals surface area contributed by atoms with Gasteiger partial charge in [0.15, 0.2) is 5.65 Å². The molecule has 7 nitrogen and oxygen atoms in total. The van der Waals surface area contributed by atoms with Crippen molar-refractivity contribution in [2.24, 2.45) is 7.05 Å². The molecule has 0 fully saturated rings. The number of amides is 2. The average Bonchev–Trinajstić information content (AvgIpc) is 3.07. The summed E-state index contributed by atoms with van der Waals surface area (Å²) in [4.78, 5) is 30.0. The summed E-state index contributed by atoms with van der Waals surface area (Å²) < 4.78 is 1.65. The van der Waals surface area contributed by atoms with Gasteiger partial charge in [0.1, 0.15) is 0 Å². The lowest BCUT2D eigenvalue weighted by Crippen LogP contribution is -2.42. The Balaban J connectivity index is 1.59. The van der Waals surface area contributed by atoms with Gasteiger partial charge < -0.3 is 0 Å². The molecular formula is C23H20ClN5O2. The van der Waals surface area contributed by atoms with E-state index < -0.39 is 5.91 Å². The second-order valence-electron chi connectivity index (χ2n) is 7.13. The number of fused-ring (bicyclic) bond motifs is 1. The summed E-state index contributed by atoms with van der Waals surface area (Å²) in [7, 11) is 1.78. The number of nitrogens with one attached hydrogen (secondary N) is 2. The maximum atomic E-state index is 13.0. The Kier molecular flexibility index (Phi) is 5.68. The SMILES string of the molecule is Cc1nn(C)c2nc(-c3ccccc3)cc(C(=O)NNC(=O)Cc3ccc(Cl)cc3)c12. The zero-order valence-corrected chi connectivity index (χ0v) is 17.8. The van der Waals surface area contributed by atoms with Gasteiger partial charge in [0.05, 0.1) is 28.8 Å². The number of hydrazine groups is 1. The lowest BCUT2D eigenvalue weighted by atomic mass is 10.1. The van der Waals surface area contributed by atoms with Gasteiger partial charge >= 0.3 is 0 Å². The molecule has 0 atom stereocenters. The molecule has 0 aliphatic carbocycles. The molecule has 2 heterocycles. The van der Waals surface area contributed by atoms with Crippen LogP contribution in [0.2, 0.25) is 5.02 Å². The number of benzene rings is 2. The highest BCUT2D eigenvalue weighted by atomic mass is 35.5. The number of aryl methyl sites for hydroxylation is 2. The monoisotopic (exact) mass is 433 g/mol. The second-order valence-corrected chi connectivity index (χ2v) is 7.57. The molecule has 0 spiro atoms. The molecule has 2 aromatic carbocycles. The first-order chi connectivity index (χ1) is 14.9. The average molecular weight is 434 g/mol. The highest BCUT2D eigenvalue weighted by molar-refractivity contribution is 6.30. The molecule has 0 radical (unpaired) electrons. The molecule has 2 aromatic heterocycles. The Bertz CT molecular complexity index is 1270. The maximum Gasteiger partial charge on any atom is 0.270 e. The number of carbonyl (C=O) groups excluding carboxylic acids is 2. The molecule has 4 aromatic rings. The summed E-state index contributed by atoms with van der Waals surface area (Å²) in [5, 5.41) is 5.64. The predicted molar refractivity (Wildman–Crippen MR) is 119 cm³/mol.